The van der Waals surface area contributed by atoms with Gasteiger partial charge in [0.25, 0.3) is 5.91 Å². The number of nitrogens with zero attached hydrogens (tertiary/aromatic N) is 2. The predicted molar refractivity (Wildman–Crippen MR) is 113 cm³/mol. The zero-order valence-corrected chi connectivity index (χ0v) is 16.5. The molecule has 0 saturated carbocycles. The Morgan fingerprint density at radius 3 is 2.48 bits per heavy atom. The molecule has 0 aliphatic heterocycles. The van der Waals surface area contributed by atoms with E-state index in [1.165, 1.54) is 0 Å². The normalized spacial score (nSPS) is 10.4. The molecule has 0 atom stereocenters. The topological polar surface area (TPSA) is 85.4 Å². The van der Waals surface area contributed by atoms with Gasteiger partial charge >= 0.3 is 0 Å². The number of methoxy groups -OCH3 is 1. The van der Waals surface area contributed by atoms with Crippen molar-refractivity contribution in [1.82, 2.24) is 15.3 Å². The maximum atomic E-state index is 12.5. The number of carbonyl (C=O) groups excluding carboxylic acids is 1. The van der Waals surface area contributed by atoms with Crippen LogP contribution in [0.5, 0.6) is 5.75 Å². The van der Waals surface area contributed by atoms with Crippen molar-refractivity contribution in [2.45, 2.75) is 6.92 Å². The molecule has 3 aromatic rings. The van der Waals surface area contributed by atoms with E-state index in [-0.39, 0.29) is 11.6 Å². The molecule has 7 heteroatoms. The fraction of sp³-hybridized carbons (Fsp3) is 0.227. The van der Waals surface area contributed by atoms with E-state index in [1.54, 1.807) is 13.2 Å². The summed E-state index contributed by atoms with van der Waals surface area (Å²) < 4.78 is 10.4. The van der Waals surface area contributed by atoms with E-state index in [0.717, 1.165) is 17.0 Å². The van der Waals surface area contributed by atoms with Crippen molar-refractivity contribution in [2.24, 2.45) is 0 Å². The molecule has 0 unspecified atom stereocenters. The number of ether oxygens (including phenoxy) is 2. The van der Waals surface area contributed by atoms with Gasteiger partial charge in [0.2, 0.25) is 0 Å². The summed E-state index contributed by atoms with van der Waals surface area (Å²) in [6, 6.07) is 18.7. The first kappa shape index (κ1) is 20.3. The Bertz CT molecular complexity index is 931. The molecular weight excluding hydrogens is 368 g/mol. The highest BCUT2D eigenvalue weighted by Gasteiger charge is 2.13. The second kappa shape index (κ2) is 10.2. The molecule has 0 aliphatic rings. The van der Waals surface area contributed by atoms with Gasteiger partial charge in [0.15, 0.2) is 5.82 Å². The van der Waals surface area contributed by atoms with Crippen molar-refractivity contribution in [2.75, 3.05) is 32.2 Å². The molecule has 2 N–H and O–H groups in total. The highest BCUT2D eigenvalue weighted by Crippen LogP contribution is 2.22. The molecule has 3 rings (SSSR count). The number of carbonyl (C=O) groups is 1. The van der Waals surface area contributed by atoms with Crippen molar-refractivity contribution in [3.63, 3.8) is 0 Å². The molecule has 2 aromatic carbocycles. The predicted octanol–water partition coefficient (Wildman–Crippen LogP) is 3.66. The van der Waals surface area contributed by atoms with Crippen LogP contribution in [0.2, 0.25) is 0 Å². The monoisotopic (exact) mass is 392 g/mol. The maximum absolute atomic E-state index is 12.5. The number of aromatic nitrogens is 2. The van der Waals surface area contributed by atoms with Gasteiger partial charge in [-0.2, -0.15) is 0 Å². The van der Waals surface area contributed by atoms with E-state index in [9.17, 15) is 4.79 Å². The fourth-order valence-electron chi connectivity index (χ4n) is 2.65. The van der Waals surface area contributed by atoms with Gasteiger partial charge in [-0.3, -0.25) is 4.79 Å². The molecule has 1 heterocycles. The summed E-state index contributed by atoms with van der Waals surface area (Å²) in [6.07, 6.45) is 0. The van der Waals surface area contributed by atoms with E-state index >= 15 is 0 Å². The first-order valence-electron chi connectivity index (χ1n) is 9.41. The summed E-state index contributed by atoms with van der Waals surface area (Å²) in [7, 11) is 1.59. The van der Waals surface area contributed by atoms with Crippen LogP contribution in [0.4, 0.5) is 11.5 Å². The molecule has 29 heavy (non-hydrogen) atoms. The average molecular weight is 392 g/mol. The summed E-state index contributed by atoms with van der Waals surface area (Å²) in [6.45, 7) is 3.39. The second-order valence-electron chi connectivity index (χ2n) is 6.16. The number of anilines is 2. The van der Waals surface area contributed by atoms with Crippen LogP contribution >= 0.6 is 0 Å². The molecule has 1 amide bonds. The van der Waals surface area contributed by atoms with Gasteiger partial charge < -0.3 is 20.1 Å². The minimum Gasteiger partial charge on any atom is -0.494 e. The van der Waals surface area contributed by atoms with Crippen LogP contribution in [0, 0.1) is 0 Å². The molecule has 0 saturated heterocycles. The van der Waals surface area contributed by atoms with Crippen molar-refractivity contribution < 1.29 is 14.3 Å². The Hall–Kier alpha value is -3.45. The molecule has 7 nitrogen and oxygen atoms in total. The van der Waals surface area contributed by atoms with Crippen molar-refractivity contribution in [3.05, 3.63) is 66.4 Å². The van der Waals surface area contributed by atoms with Crippen LogP contribution in [0.15, 0.2) is 60.7 Å². The lowest BCUT2D eigenvalue weighted by molar-refractivity contribution is 0.0932. The lowest BCUT2D eigenvalue weighted by Crippen LogP contribution is -2.28. The van der Waals surface area contributed by atoms with Gasteiger partial charge in [0.05, 0.1) is 13.2 Å². The molecule has 0 bridgehead atoms. The summed E-state index contributed by atoms with van der Waals surface area (Å²) in [5.41, 5.74) is 1.94. The summed E-state index contributed by atoms with van der Waals surface area (Å²) in [5.74, 6) is 1.51. The first-order chi connectivity index (χ1) is 14.2. The lowest BCUT2D eigenvalue weighted by atomic mass is 10.2. The van der Waals surface area contributed by atoms with Crippen LogP contribution < -0.4 is 15.4 Å². The third kappa shape index (κ3) is 5.76. The van der Waals surface area contributed by atoms with Crippen molar-refractivity contribution >= 4 is 17.4 Å². The lowest BCUT2D eigenvalue weighted by Gasteiger charge is -2.11. The fourth-order valence-corrected chi connectivity index (χ4v) is 2.65. The Balaban J connectivity index is 1.88. The highest BCUT2D eigenvalue weighted by atomic mass is 16.5. The van der Waals surface area contributed by atoms with Gasteiger partial charge in [-0.05, 0) is 31.2 Å². The summed E-state index contributed by atoms with van der Waals surface area (Å²) in [4.78, 5) is 21.5. The van der Waals surface area contributed by atoms with Crippen LogP contribution in [0.3, 0.4) is 0 Å². The highest BCUT2D eigenvalue weighted by molar-refractivity contribution is 5.93. The Morgan fingerprint density at radius 2 is 1.79 bits per heavy atom. The Labute approximate surface area is 170 Å². The number of benzene rings is 2. The van der Waals surface area contributed by atoms with Gasteiger partial charge in [-0.1, -0.05) is 30.3 Å². The van der Waals surface area contributed by atoms with E-state index in [0.29, 0.717) is 31.4 Å². The SMILES string of the molecule is CCOc1ccc(Nc2cc(C(=O)NCCOC)nc(-c3ccccc3)n2)cc1. The van der Waals surface area contributed by atoms with Gasteiger partial charge in [0.1, 0.15) is 17.3 Å². The number of rotatable bonds is 9. The largest absolute Gasteiger partial charge is 0.494 e. The molecule has 0 fully saturated rings. The Morgan fingerprint density at radius 1 is 1.03 bits per heavy atom. The minimum absolute atomic E-state index is 0.281. The minimum atomic E-state index is -0.281. The third-order valence-electron chi connectivity index (χ3n) is 4.02. The zero-order chi connectivity index (χ0) is 20.5. The third-order valence-corrected chi connectivity index (χ3v) is 4.02. The van der Waals surface area contributed by atoms with Crippen LogP contribution in [0.1, 0.15) is 17.4 Å². The molecule has 0 aliphatic carbocycles. The smallest absolute Gasteiger partial charge is 0.270 e. The maximum Gasteiger partial charge on any atom is 0.270 e. The molecule has 1 aromatic heterocycles. The van der Waals surface area contributed by atoms with Crippen LogP contribution in [0.25, 0.3) is 11.4 Å². The van der Waals surface area contributed by atoms with E-state index in [4.69, 9.17) is 9.47 Å². The van der Waals surface area contributed by atoms with Crippen LogP contribution in [-0.2, 0) is 4.74 Å². The number of amides is 1. The standard InChI is InChI=1S/C22H24N4O3/c1-3-29-18-11-9-17(10-12-18)24-20-15-19(22(27)23-13-14-28-2)25-21(26-20)16-7-5-4-6-8-16/h4-12,15H,3,13-14H2,1-2H3,(H,23,27)(H,24,25,26). The number of nitrogens with one attached hydrogen (secondary N) is 2. The van der Waals surface area contributed by atoms with E-state index in [1.807, 2.05) is 61.5 Å². The zero-order valence-electron chi connectivity index (χ0n) is 16.5. The van der Waals surface area contributed by atoms with E-state index < -0.39 is 0 Å². The second-order valence-corrected chi connectivity index (χ2v) is 6.16. The molecule has 0 spiro atoms. The quantitative estimate of drug-likeness (QED) is 0.541. The van der Waals surface area contributed by atoms with Crippen molar-refractivity contribution in [3.8, 4) is 17.1 Å². The van der Waals surface area contributed by atoms with E-state index in [2.05, 4.69) is 20.6 Å². The summed E-state index contributed by atoms with van der Waals surface area (Å²) >= 11 is 0. The Kier molecular flexibility index (Phi) is 7.13. The molecule has 0 radical (unpaired) electrons. The molecular formula is C22H24N4O3. The number of hydrogen-bond acceptors (Lipinski definition) is 6. The van der Waals surface area contributed by atoms with Gasteiger partial charge in [0, 0.05) is 31.0 Å². The van der Waals surface area contributed by atoms with Crippen molar-refractivity contribution in [1.29, 1.82) is 0 Å². The van der Waals surface area contributed by atoms with Gasteiger partial charge in [-0.25, -0.2) is 9.97 Å². The summed E-state index contributed by atoms with van der Waals surface area (Å²) in [5, 5.41) is 6.03. The van der Waals surface area contributed by atoms with Gasteiger partial charge in [-0.15, -0.1) is 0 Å². The average Bonchev–Trinajstić information content (AvgIpc) is 2.76. The van der Waals surface area contributed by atoms with Crippen LogP contribution in [-0.4, -0.2) is 42.7 Å². The molecule has 150 valence electrons. The number of hydrogen-bond donors (Lipinski definition) is 2. The first-order valence-corrected chi connectivity index (χ1v) is 9.41.